The first-order chi connectivity index (χ1) is 11.6. The number of hydrogen-bond donors (Lipinski definition) is 1. The number of benzene rings is 2. The summed E-state index contributed by atoms with van der Waals surface area (Å²) in [5.41, 5.74) is 4.95. The van der Waals surface area contributed by atoms with Crippen LogP contribution in [0.1, 0.15) is 18.2 Å². The molecule has 0 spiro atoms. The van der Waals surface area contributed by atoms with Gasteiger partial charge in [-0.15, -0.1) is 0 Å². The van der Waals surface area contributed by atoms with Crippen LogP contribution in [0.15, 0.2) is 71.9 Å². The van der Waals surface area contributed by atoms with Gasteiger partial charge in [0.1, 0.15) is 0 Å². The number of nitrogens with one attached hydrogen (secondary N) is 1. The predicted octanol–water partition coefficient (Wildman–Crippen LogP) is 4.49. The van der Waals surface area contributed by atoms with Crippen molar-refractivity contribution >= 4 is 23.5 Å². The Morgan fingerprint density at radius 2 is 1.79 bits per heavy atom. The van der Waals surface area contributed by atoms with Crippen LogP contribution in [0.3, 0.4) is 0 Å². The van der Waals surface area contributed by atoms with Gasteiger partial charge in [0.25, 0.3) is 0 Å². The fourth-order valence-electron chi connectivity index (χ4n) is 2.52. The van der Waals surface area contributed by atoms with Crippen LogP contribution in [-0.4, -0.2) is 16.7 Å². The monoisotopic (exact) mass is 317 g/mol. The third-order valence-electron chi connectivity index (χ3n) is 3.62. The number of anilines is 1. The van der Waals surface area contributed by atoms with Gasteiger partial charge in [-0.1, -0.05) is 18.2 Å². The van der Waals surface area contributed by atoms with Crippen molar-refractivity contribution in [3.05, 3.63) is 78.1 Å². The Morgan fingerprint density at radius 3 is 2.46 bits per heavy atom. The molecule has 1 amide bonds. The molecule has 0 aliphatic heterocycles. The lowest BCUT2D eigenvalue weighted by Crippen LogP contribution is -2.04. The molecule has 0 saturated heterocycles. The Kier molecular flexibility index (Phi) is 4.57. The summed E-state index contributed by atoms with van der Waals surface area (Å²) in [7, 11) is 0. The molecule has 3 rings (SSSR count). The summed E-state index contributed by atoms with van der Waals surface area (Å²) >= 11 is 0. The molecule has 120 valence electrons. The molecule has 0 fully saturated rings. The maximum atomic E-state index is 11.0. The third kappa shape index (κ3) is 3.79. The van der Waals surface area contributed by atoms with Gasteiger partial charge in [-0.05, 0) is 49.4 Å². The van der Waals surface area contributed by atoms with Gasteiger partial charge in [0, 0.05) is 42.0 Å². The number of carbonyl (C=O) groups excluding carboxylic acids is 1. The number of nitrogens with zero attached hydrogens (tertiary/aromatic N) is 2. The van der Waals surface area contributed by atoms with E-state index in [2.05, 4.69) is 46.2 Å². The van der Waals surface area contributed by atoms with Crippen LogP contribution in [0.2, 0.25) is 0 Å². The molecule has 0 bridgehead atoms. The topological polar surface area (TPSA) is 46.4 Å². The highest BCUT2D eigenvalue weighted by Gasteiger charge is 2.02. The van der Waals surface area contributed by atoms with Crippen molar-refractivity contribution in [3.8, 4) is 5.69 Å². The molecule has 0 aliphatic carbocycles. The Balaban J connectivity index is 1.76. The first-order valence-electron chi connectivity index (χ1n) is 7.78. The van der Waals surface area contributed by atoms with E-state index in [0.717, 1.165) is 28.3 Å². The minimum Gasteiger partial charge on any atom is -0.326 e. The van der Waals surface area contributed by atoms with Crippen molar-refractivity contribution in [1.82, 2.24) is 4.57 Å². The first-order valence-corrected chi connectivity index (χ1v) is 7.78. The highest BCUT2D eigenvalue weighted by Crippen LogP contribution is 2.18. The second kappa shape index (κ2) is 6.96. The lowest BCUT2D eigenvalue weighted by molar-refractivity contribution is -0.114. The molecule has 24 heavy (non-hydrogen) atoms. The summed E-state index contributed by atoms with van der Waals surface area (Å²) in [5.74, 6) is -0.0796. The van der Waals surface area contributed by atoms with Gasteiger partial charge >= 0.3 is 0 Å². The van der Waals surface area contributed by atoms with Crippen molar-refractivity contribution < 1.29 is 4.79 Å². The van der Waals surface area contributed by atoms with E-state index in [-0.39, 0.29) is 5.91 Å². The fraction of sp³-hybridized carbons (Fsp3) is 0.100. The van der Waals surface area contributed by atoms with E-state index in [4.69, 9.17) is 0 Å². The zero-order valence-corrected chi connectivity index (χ0v) is 13.7. The normalized spacial score (nSPS) is 10.9. The Morgan fingerprint density at radius 1 is 1.08 bits per heavy atom. The molecule has 4 nitrogen and oxygen atoms in total. The number of carbonyl (C=O) groups is 1. The smallest absolute Gasteiger partial charge is 0.221 e. The van der Waals surface area contributed by atoms with Crippen molar-refractivity contribution in [3.63, 3.8) is 0 Å². The number of amides is 1. The highest BCUT2D eigenvalue weighted by atomic mass is 16.1. The van der Waals surface area contributed by atoms with E-state index in [1.807, 2.05) is 48.7 Å². The third-order valence-corrected chi connectivity index (χ3v) is 3.62. The number of para-hydroxylation sites is 1. The van der Waals surface area contributed by atoms with Gasteiger partial charge in [0.2, 0.25) is 5.91 Å². The van der Waals surface area contributed by atoms with Crippen LogP contribution in [-0.2, 0) is 4.79 Å². The molecule has 0 saturated carbocycles. The molecule has 3 aromatic rings. The summed E-state index contributed by atoms with van der Waals surface area (Å²) in [4.78, 5) is 15.5. The van der Waals surface area contributed by atoms with Gasteiger partial charge in [-0.2, -0.15) is 0 Å². The summed E-state index contributed by atoms with van der Waals surface area (Å²) in [6.07, 6.45) is 3.92. The van der Waals surface area contributed by atoms with Crippen molar-refractivity contribution in [1.29, 1.82) is 0 Å². The zero-order chi connectivity index (χ0) is 16.9. The number of aliphatic imine (C=N–C) groups is 1. The van der Waals surface area contributed by atoms with E-state index < -0.39 is 0 Å². The van der Waals surface area contributed by atoms with Crippen molar-refractivity contribution in [2.75, 3.05) is 5.32 Å². The van der Waals surface area contributed by atoms with Crippen LogP contribution in [0.4, 0.5) is 11.4 Å². The Hall–Kier alpha value is -3.14. The maximum absolute atomic E-state index is 11.0. The molecule has 1 N–H and O–H groups in total. The minimum absolute atomic E-state index is 0.0796. The van der Waals surface area contributed by atoms with Gasteiger partial charge in [-0.3, -0.25) is 9.79 Å². The van der Waals surface area contributed by atoms with Crippen LogP contribution in [0, 0.1) is 6.92 Å². The highest BCUT2D eigenvalue weighted by molar-refractivity contribution is 5.89. The van der Waals surface area contributed by atoms with Crippen LogP contribution >= 0.6 is 0 Å². The zero-order valence-electron chi connectivity index (χ0n) is 13.7. The predicted molar refractivity (Wildman–Crippen MR) is 98.5 cm³/mol. The van der Waals surface area contributed by atoms with Gasteiger partial charge in [0.15, 0.2) is 0 Å². The van der Waals surface area contributed by atoms with E-state index in [9.17, 15) is 4.79 Å². The number of aromatic nitrogens is 1. The maximum Gasteiger partial charge on any atom is 0.221 e. The molecular formula is C20H19N3O. The van der Waals surface area contributed by atoms with Crippen LogP contribution in [0.5, 0.6) is 0 Å². The van der Waals surface area contributed by atoms with Crippen LogP contribution in [0.25, 0.3) is 5.69 Å². The van der Waals surface area contributed by atoms with E-state index >= 15 is 0 Å². The molecule has 0 unspecified atom stereocenters. The summed E-state index contributed by atoms with van der Waals surface area (Å²) < 4.78 is 2.14. The summed E-state index contributed by atoms with van der Waals surface area (Å²) in [6.45, 7) is 3.57. The molecular weight excluding hydrogens is 298 g/mol. The number of rotatable bonds is 4. The molecule has 1 aromatic heterocycles. The molecule has 1 heterocycles. The number of hydrogen-bond acceptors (Lipinski definition) is 2. The van der Waals surface area contributed by atoms with E-state index in [1.165, 1.54) is 6.92 Å². The van der Waals surface area contributed by atoms with Gasteiger partial charge in [-0.25, -0.2) is 0 Å². The van der Waals surface area contributed by atoms with E-state index in [0.29, 0.717) is 0 Å². The molecule has 0 atom stereocenters. The standard InChI is InChI=1S/C20H19N3O/c1-15-12-17(14-23(15)20-6-4-3-5-7-20)13-21-18-8-10-19(11-9-18)22-16(2)24/h3-14H,1-2H3,(H,22,24). The summed E-state index contributed by atoms with van der Waals surface area (Å²) in [6, 6.07) is 19.8. The largest absolute Gasteiger partial charge is 0.326 e. The Labute approximate surface area is 141 Å². The quantitative estimate of drug-likeness (QED) is 0.708. The molecule has 0 radical (unpaired) electrons. The first kappa shape index (κ1) is 15.7. The Bertz CT molecular complexity index is 862. The van der Waals surface area contributed by atoms with Gasteiger partial charge < -0.3 is 9.88 Å². The second-order valence-electron chi connectivity index (χ2n) is 5.61. The lowest BCUT2D eigenvalue weighted by Gasteiger charge is -2.04. The minimum atomic E-state index is -0.0796. The van der Waals surface area contributed by atoms with Crippen LogP contribution < -0.4 is 5.32 Å². The van der Waals surface area contributed by atoms with E-state index in [1.54, 1.807) is 0 Å². The fourth-order valence-corrected chi connectivity index (χ4v) is 2.52. The average molecular weight is 317 g/mol. The SMILES string of the molecule is CC(=O)Nc1ccc(N=Cc2cc(C)n(-c3ccccc3)c2)cc1. The number of aryl methyl sites for hydroxylation is 1. The van der Waals surface area contributed by atoms with Crippen molar-refractivity contribution in [2.24, 2.45) is 4.99 Å². The van der Waals surface area contributed by atoms with Crippen molar-refractivity contribution in [2.45, 2.75) is 13.8 Å². The summed E-state index contributed by atoms with van der Waals surface area (Å²) in [5, 5.41) is 2.74. The molecule has 0 aliphatic rings. The molecule has 2 aromatic carbocycles. The lowest BCUT2D eigenvalue weighted by atomic mass is 10.3. The molecule has 4 heteroatoms. The average Bonchev–Trinajstić information content (AvgIpc) is 2.95. The second-order valence-corrected chi connectivity index (χ2v) is 5.61. The van der Waals surface area contributed by atoms with Gasteiger partial charge in [0.05, 0.1) is 5.69 Å².